The molecule has 1 unspecified atom stereocenters. The first kappa shape index (κ1) is 19.3. The number of aromatic nitrogens is 5. The highest BCUT2D eigenvalue weighted by atomic mass is 19.4. The largest absolute Gasteiger partial charge is 0.481 e. The minimum atomic E-state index is -4.64. The number of ether oxygens (including phenoxy) is 1. The molecule has 0 radical (unpaired) electrons. The zero-order chi connectivity index (χ0) is 20.5. The molecule has 1 amide bonds. The lowest BCUT2D eigenvalue weighted by Crippen LogP contribution is -2.28. The molecule has 0 bridgehead atoms. The van der Waals surface area contributed by atoms with E-state index in [1.165, 1.54) is 20.4 Å². The highest BCUT2D eigenvalue weighted by Crippen LogP contribution is 2.28. The van der Waals surface area contributed by atoms with E-state index in [0.29, 0.717) is 17.5 Å². The molecule has 1 atom stereocenters. The number of hydrogen-bond donors (Lipinski definition) is 1. The maximum absolute atomic E-state index is 12.7. The van der Waals surface area contributed by atoms with Gasteiger partial charge in [-0.2, -0.15) is 23.3 Å². The molecule has 0 aliphatic rings. The van der Waals surface area contributed by atoms with Gasteiger partial charge < -0.3 is 14.6 Å². The molecule has 0 fully saturated rings. The second-order valence-electron chi connectivity index (χ2n) is 5.77. The number of amides is 1. The van der Waals surface area contributed by atoms with Crippen LogP contribution in [0.2, 0.25) is 0 Å². The lowest BCUT2D eigenvalue weighted by molar-refractivity contribution is -0.141. The molecule has 3 heterocycles. The van der Waals surface area contributed by atoms with E-state index in [2.05, 4.69) is 25.5 Å². The summed E-state index contributed by atoms with van der Waals surface area (Å²) in [6.07, 6.45) is -3.13. The van der Waals surface area contributed by atoms with Crippen LogP contribution >= 0.6 is 0 Å². The first-order valence-electron chi connectivity index (χ1n) is 7.95. The number of rotatable bonds is 5. The molecule has 12 heteroatoms. The average Bonchev–Trinajstić information content (AvgIpc) is 3.28. The monoisotopic (exact) mass is 396 g/mol. The zero-order valence-corrected chi connectivity index (χ0v) is 15.0. The number of pyridine rings is 1. The van der Waals surface area contributed by atoms with Gasteiger partial charge in [-0.1, -0.05) is 5.16 Å². The first-order valence-corrected chi connectivity index (χ1v) is 7.95. The van der Waals surface area contributed by atoms with Gasteiger partial charge in [0.1, 0.15) is 11.7 Å². The van der Waals surface area contributed by atoms with Gasteiger partial charge in [0.25, 0.3) is 5.91 Å². The van der Waals surface area contributed by atoms with E-state index in [1.54, 1.807) is 19.1 Å². The van der Waals surface area contributed by atoms with Crippen molar-refractivity contribution in [3.63, 3.8) is 0 Å². The van der Waals surface area contributed by atoms with Crippen molar-refractivity contribution in [3.05, 3.63) is 41.7 Å². The second kappa shape index (κ2) is 7.29. The number of halogens is 3. The number of carbonyl (C=O) groups is 1. The van der Waals surface area contributed by atoms with Crippen molar-refractivity contribution in [2.45, 2.75) is 19.1 Å². The molecule has 148 valence electrons. The fourth-order valence-electron chi connectivity index (χ4n) is 2.34. The number of nitrogens with zero attached hydrogens (tertiary/aromatic N) is 5. The molecule has 0 aliphatic carbocycles. The van der Waals surface area contributed by atoms with Crippen LogP contribution in [0.1, 0.15) is 35.0 Å². The van der Waals surface area contributed by atoms with Crippen LogP contribution < -0.4 is 10.1 Å². The van der Waals surface area contributed by atoms with Gasteiger partial charge >= 0.3 is 6.18 Å². The highest BCUT2D eigenvalue weighted by molar-refractivity contribution is 5.92. The molecule has 1 N–H and O–H groups in total. The summed E-state index contributed by atoms with van der Waals surface area (Å²) in [5.41, 5.74) is -0.820. The molecule has 3 rings (SSSR count). The van der Waals surface area contributed by atoms with Gasteiger partial charge in [-0.25, -0.2) is 4.98 Å². The van der Waals surface area contributed by atoms with Gasteiger partial charge in [-0.15, -0.1) is 0 Å². The van der Waals surface area contributed by atoms with E-state index in [4.69, 9.17) is 9.26 Å². The summed E-state index contributed by atoms with van der Waals surface area (Å²) >= 11 is 0. The fraction of sp³-hybridized carbons (Fsp3) is 0.312. The van der Waals surface area contributed by atoms with Gasteiger partial charge in [0, 0.05) is 30.9 Å². The summed E-state index contributed by atoms with van der Waals surface area (Å²) in [5.74, 6) is -0.0701. The molecule has 0 saturated heterocycles. The molecule has 0 aliphatic heterocycles. The van der Waals surface area contributed by atoms with Crippen molar-refractivity contribution in [2.24, 2.45) is 7.05 Å². The van der Waals surface area contributed by atoms with Gasteiger partial charge in [-0.3, -0.25) is 9.48 Å². The molecule has 28 heavy (non-hydrogen) atoms. The van der Waals surface area contributed by atoms with Crippen molar-refractivity contribution in [2.75, 3.05) is 7.11 Å². The number of methoxy groups -OCH3 is 1. The third-order valence-corrected chi connectivity index (χ3v) is 3.76. The predicted octanol–water partition coefficient (Wildman–Crippen LogP) is 2.38. The molecular formula is C16H15F3N6O3. The van der Waals surface area contributed by atoms with E-state index in [0.717, 1.165) is 4.68 Å². The summed E-state index contributed by atoms with van der Waals surface area (Å²) in [7, 11) is 2.71. The average molecular weight is 396 g/mol. The Kier molecular flexibility index (Phi) is 5.03. The highest BCUT2D eigenvalue weighted by Gasteiger charge is 2.35. The van der Waals surface area contributed by atoms with Crippen LogP contribution in [0.5, 0.6) is 5.88 Å². The summed E-state index contributed by atoms with van der Waals surface area (Å²) in [6.45, 7) is 1.56. The third-order valence-electron chi connectivity index (χ3n) is 3.76. The molecule has 0 aromatic carbocycles. The number of nitrogens with one attached hydrogen (secondary N) is 1. The second-order valence-corrected chi connectivity index (χ2v) is 5.77. The Morgan fingerprint density at radius 3 is 2.75 bits per heavy atom. The Labute approximate surface area is 156 Å². The summed E-state index contributed by atoms with van der Waals surface area (Å²) in [4.78, 5) is 20.5. The van der Waals surface area contributed by atoms with Crippen LogP contribution in [-0.4, -0.2) is 37.9 Å². The van der Waals surface area contributed by atoms with Crippen molar-refractivity contribution in [3.8, 4) is 17.3 Å². The van der Waals surface area contributed by atoms with Crippen molar-refractivity contribution >= 4 is 5.91 Å². The Bertz CT molecular complexity index is 998. The SMILES string of the molecule is COc1cc(-c2noc(C(C)NC(=O)c3cc(C(F)(F)F)nn3C)n2)ccn1. The quantitative estimate of drug-likeness (QED) is 0.705. The van der Waals surface area contributed by atoms with Crippen molar-refractivity contribution < 1.29 is 27.2 Å². The maximum Gasteiger partial charge on any atom is 0.435 e. The van der Waals surface area contributed by atoms with Gasteiger partial charge in [0.05, 0.1) is 7.11 Å². The lowest BCUT2D eigenvalue weighted by atomic mass is 10.2. The standard InChI is InChI=1S/C16H15F3N6O3/c1-8(21-14(26)10-7-11(16(17,18)19)23-25(10)2)15-22-13(24-28-15)9-4-5-20-12(6-9)27-3/h4-8H,1-3H3,(H,21,26). The lowest BCUT2D eigenvalue weighted by Gasteiger charge is -2.09. The zero-order valence-electron chi connectivity index (χ0n) is 15.0. The van der Waals surface area contributed by atoms with E-state index >= 15 is 0 Å². The van der Waals surface area contributed by atoms with Gasteiger partial charge in [-0.05, 0) is 13.0 Å². The first-order chi connectivity index (χ1) is 13.2. The Morgan fingerprint density at radius 1 is 1.36 bits per heavy atom. The van der Waals surface area contributed by atoms with Crippen LogP contribution in [0.4, 0.5) is 13.2 Å². The maximum atomic E-state index is 12.7. The molecule has 3 aromatic heterocycles. The number of carbonyl (C=O) groups excluding carboxylic acids is 1. The van der Waals surface area contributed by atoms with Crippen LogP contribution in [0, 0.1) is 0 Å². The van der Waals surface area contributed by atoms with E-state index < -0.39 is 23.8 Å². The van der Waals surface area contributed by atoms with Crippen molar-refractivity contribution in [1.29, 1.82) is 0 Å². The predicted molar refractivity (Wildman–Crippen MR) is 88.2 cm³/mol. The molecular weight excluding hydrogens is 381 g/mol. The van der Waals surface area contributed by atoms with Gasteiger partial charge in [0.15, 0.2) is 5.69 Å². The van der Waals surface area contributed by atoms with Crippen LogP contribution in [0.3, 0.4) is 0 Å². The van der Waals surface area contributed by atoms with E-state index in [9.17, 15) is 18.0 Å². The minimum absolute atomic E-state index is 0.0809. The number of hydrogen-bond acceptors (Lipinski definition) is 7. The Morgan fingerprint density at radius 2 is 2.11 bits per heavy atom. The van der Waals surface area contributed by atoms with Crippen molar-refractivity contribution in [1.82, 2.24) is 30.2 Å². The topological polar surface area (TPSA) is 108 Å². The fourth-order valence-corrected chi connectivity index (χ4v) is 2.34. The molecule has 3 aromatic rings. The number of aryl methyl sites for hydroxylation is 1. The van der Waals surface area contributed by atoms with E-state index in [-0.39, 0.29) is 17.4 Å². The number of alkyl halides is 3. The normalized spacial score (nSPS) is 12.6. The molecule has 0 saturated carbocycles. The molecule has 0 spiro atoms. The van der Waals surface area contributed by atoms with Crippen LogP contribution in [0.25, 0.3) is 11.4 Å². The smallest absolute Gasteiger partial charge is 0.435 e. The Balaban J connectivity index is 1.75. The minimum Gasteiger partial charge on any atom is -0.481 e. The summed E-state index contributed by atoms with van der Waals surface area (Å²) in [5, 5.41) is 9.64. The summed E-state index contributed by atoms with van der Waals surface area (Å²) in [6, 6.07) is 3.17. The van der Waals surface area contributed by atoms with E-state index in [1.807, 2.05) is 0 Å². The van der Waals surface area contributed by atoms with Crippen LogP contribution in [0.15, 0.2) is 28.9 Å². The summed E-state index contributed by atoms with van der Waals surface area (Å²) < 4.78 is 49.2. The Hall–Kier alpha value is -3.44. The van der Waals surface area contributed by atoms with Gasteiger partial charge in [0.2, 0.25) is 17.6 Å². The van der Waals surface area contributed by atoms with Crippen LogP contribution in [-0.2, 0) is 13.2 Å². The third kappa shape index (κ3) is 3.94. The molecule has 9 nitrogen and oxygen atoms in total.